The van der Waals surface area contributed by atoms with E-state index in [1.54, 1.807) is 7.05 Å². The summed E-state index contributed by atoms with van der Waals surface area (Å²) in [5, 5.41) is 3.69. The van der Waals surface area contributed by atoms with Gasteiger partial charge in [0.25, 0.3) is 0 Å². The van der Waals surface area contributed by atoms with Crippen LogP contribution in [0.4, 0.5) is 0 Å². The SMILES string of the molecule is C=C1NC(=NC)C=CN1C1CC(C)C(S)C1C. The lowest BCUT2D eigenvalue weighted by Gasteiger charge is -2.35. The van der Waals surface area contributed by atoms with Crippen LogP contribution in [0.3, 0.4) is 0 Å². The van der Waals surface area contributed by atoms with E-state index in [1.165, 1.54) is 6.42 Å². The normalized spacial score (nSPS) is 39.9. The van der Waals surface area contributed by atoms with Gasteiger partial charge in [0.2, 0.25) is 0 Å². The number of amidine groups is 1. The molecule has 3 nitrogen and oxygen atoms in total. The first kappa shape index (κ1) is 12.6. The Balaban J connectivity index is 2.17. The van der Waals surface area contributed by atoms with Crippen LogP contribution in [0.1, 0.15) is 20.3 Å². The van der Waals surface area contributed by atoms with E-state index in [9.17, 15) is 0 Å². The summed E-state index contributed by atoms with van der Waals surface area (Å²) in [6, 6.07) is 0.488. The summed E-state index contributed by atoms with van der Waals surface area (Å²) in [5.41, 5.74) is 0. The maximum Gasteiger partial charge on any atom is 0.127 e. The maximum absolute atomic E-state index is 4.70. The summed E-state index contributed by atoms with van der Waals surface area (Å²) in [5.74, 6) is 3.00. The van der Waals surface area contributed by atoms with Crippen molar-refractivity contribution in [3.8, 4) is 0 Å². The molecule has 0 aromatic rings. The van der Waals surface area contributed by atoms with Crippen molar-refractivity contribution < 1.29 is 0 Å². The smallest absolute Gasteiger partial charge is 0.127 e. The molecule has 0 amide bonds. The van der Waals surface area contributed by atoms with E-state index in [0.717, 1.165) is 11.7 Å². The van der Waals surface area contributed by atoms with Gasteiger partial charge in [-0.25, -0.2) is 0 Å². The van der Waals surface area contributed by atoms with E-state index in [4.69, 9.17) is 12.6 Å². The summed E-state index contributed by atoms with van der Waals surface area (Å²) in [6.45, 7) is 8.63. The van der Waals surface area contributed by atoms with Gasteiger partial charge in [-0.2, -0.15) is 12.6 Å². The van der Waals surface area contributed by atoms with E-state index in [-0.39, 0.29) is 0 Å². The Morgan fingerprint density at radius 1 is 1.53 bits per heavy atom. The van der Waals surface area contributed by atoms with Crippen LogP contribution in [0.2, 0.25) is 0 Å². The maximum atomic E-state index is 4.70. The lowest BCUT2D eigenvalue weighted by molar-refractivity contribution is 0.275. The highest BCUT2D eigenvalue weighted by Crippen LogP contribution is 2.39. The van der Waals surface area contributed by atoms with Gasteiger partial charge in [0, 0.05) is 24.5 Å². The van der Waals surface area contributed by atoms with Crippen LogP contribution in [-0.2, 0) is 0 Å². The molecule has 4 atom stereocenters. The van der Waals surface area contributed by atoms with Gasteiger partial charge < -0.3 is 10.2 Å². The minimum atomic E-state index is 0.474. The third kappa shape index (κ3) is 2.23. The summed E-state index contributed by atoms with van der Waals surface area (Å²) < 4.78 is 0. The molecule has 0 spiro atoms. The predicted molar refractivity (Wildman–Crippen MR) is 76.1 cm³/mol. The highest BCUT2D eigenvalue weighted by atomic mass is 32.1. The minimum Gasteiger partial charge on any atom is -0.332 e. The fourth-order valence-corrected chi connectivity index (χ4v) is 3.10. The molecule has 94 valence electrons. The Bertz CT molecular complexity index is 375. The van der Waals surface area contributed by atoms with E-state index < -0.39 is 0 Å². The molecule has 0 radical (unpaired) electrons. The Labute approximate surface area is 109 Å². The second-order valence-corrected chi connectivity index (χ2v) is 5.63. The summed E-state index contributed by atoms with van der Waals surface area (Å²) in [7, 11) is 1.78. The summed E-state index contributed by atoms with van der Waals surface area (Å²) in [6.07, 6.45) is 5.25. The lowest BCUT2D eigenvalue weighted by atomic mass is 10.0. The number of hydrogen-bond donors (Lipinski definition) is 2. The third-order valence-electron chi connectivity index (χ3n) is 3.92. The molecule has 1 N–H and O–H groups in total. The molecule has 1 aliphatic heterocycles. The number of nitrogens with zero attached hydrogens (tertiary/aromatic N) is 2. The molecule has 0 saturated heterocycles. The second-order valence-electron chi connectivity index (χ2n) is 5.03. The number of rotatable bonds is 1. The molecule has 1 saturated carbocycles. The fraction of sp³-hybridized carbons (Fsp3) is 0.615. The van der Waals surface area contributed by atoms with Gasteiger partial charge in [-0.3, -0.25) is 4.99 Å². The van der Waals surface area contributed by atoms with Crippen LogP contribution in [0.15, 0.2) is 29.7 Å². The molecule has 4 heteroatoms. The molecule has 2 aliphatic rings. The van der Waals surface area contributed by atoms with E-state index in [0.29, 0.717) is 23.1 Å². The van der Waals surface area contributed by atoms with Crippen molar-refractivity contribution in [3.63, 3.8) is 0 Å². The molecule has 1 aliphatic carbocycles. The van der Waals surface area contributed by atoms with Gasteiger partial charge in [0.15, 0.2) is 0 Å². The Morgan fingerprint density at radius 3 is 2.71 bits per heavy atom. The third-order valence-corrected chi connectivity index (χ3v) is 4.90. The molecule has 17 heavy (non-hydrogen) atoms. The van der Waals surface area contributed by atoms with Crippen molar-refractivity contribution in [1.82, 2.24) is 10.2 Å². The summed E-state index contributed by atoms with van der Waals surface area (Å²) >= 11 is 4.70. The van der Waals surface area contributed by atoms with E-state index in [2.05, 4.69) is 41.8 Å². The fourth-order valence-electron chi connectivity index (χ4n) is 2.78. The van der Waals surface area contributed by atoms with Gasteiger partial charge in [0.1, 0.15) is 11.7 Å². The van der Waals surface area contributed by atoms with Crippen molar-refractivity contribution in [2.45, 2.75) is 31.6 Å². The van der Waals surface area contributed by atoms with Crippen molar-refractivity contribution in [2.75, 3.05) is 7.05 Å². The summed E-state index contributed by atoms with van der Waals surface area (Å²) in [4.78, 5) is 6.35. The van der Waals surface area contributed by atoms with Crippen LogP contribution in [0.25, 0.3) is 0 Å². The molecule has 0 aromatic heterocycles. The predicted octanol–water partition coefficient (Wildman–Crippen LogP) is 2.25. The number of nitrogens with one attached hydrogen (secondary N) is 1. The first-order chi connectivity index (χ1) is 8.04. The standard InChI is InChI=1S/C13H21N3S/c1-8-7-11(9(2)13(8)17)16-6-5-12(14-4)15-10(16)3/h5-6,8-9,11,13,17H,3,7H2,1-2,4H3,(H,14,15). The topological polar surface area (TPSA) is 27.6 Å². The van der Waals surface area contributed by atoms with E-state index in [1.807, 2.05) is 6.08 Å². The molecule has 0 aromatic carbocycles. The lowest BCUT2D eigenvalue weighted by Crippen LogP contribution is -2.42. The number of thiol groups is 1. The highest BCUT2D eigenvalue weighted by Gasteiger charge is 2.39. The molecular weight excluding hydrogens is 230 g/mol. The zero-order valence-electron chi connectivity index (χ0n) is 10.7. The first-order valence-electron chi connectivity index (χ1n) is 6.12. The Kier molecular flexibility index (Phi) is 3.52. The van der Waals surface area contributed by atoms with Crippen LogP contribution in [0, 0.1) is 11.8 Å². The second kappa shape index (κ2) is 4.77. The van der Waals surface area contributed by atoms with Crippen molar-refractivity contribution >= 4 is 18.5 Å². The Morgan fingerprint density at radius 2 is 2.24 bits per heavy atom. The van der Waals surface area contributed by atoms with Crippen molar-refractivity contribution in [2.24, 2.45) is 16.8 Å². The molecular formula is C13H21N3S. The monoisotopic (exact) mass is 251 g/mol. The molecule has 4 unspecified atom stereocenters. The average Bonchev–Trinajstić information content (AvgIpc) is 2.57. The largest absolute Gasteiger partial charge is 0.332 e. The number of hydrogen-bond acceptors (Lipinski definition) is 3. The van der Waals surface area contributed by atoms with Crippen molar-refractivity contribution in [3.05, 3.63) is 24.7 Å². The average molecular weight is 251 g/mol. The van der Waals surface area contributed by atoms with Crippen LogP contribution in [-0.4, -0.2) is 29.1 Å². The van der Waals surface area contributed by atoms with Crippen LogP contribution in [0.5, 0.6) is 0 Å². The van der Waals surface area contributed by atoms with Gasteiger partial charge >= 0.3 is 0 Å². The quantitative estimate of drug-likeness (QED) is 0.700. The first-order valence-corrected chi connectivity index (χ1v) is 6.63. The molecule has 1 heterocycles. The molecule has 0 bridgehead atoms. The van der Waals surface area contributed by atoms with Crippen LogP contribution < -0.4 is 5.32 Å². The molecule has 2 rings (SSSR count). The van der Waals surface area contributed by atoms with Crippen molar-refractivity contribution in [1.29, 1.82) is 0 Å². The zero-order valence-corrected chi connectivity index (χ0v) is 11.6. The van der Waals surface area contributed by atoms with E-state index >= 15 is 0 Å². The minimum absolute atomic E-state index is 0.474. The highest BCUT2D eigenvalue weighted by molar-refractivity contribution is 7.81. The van der Waals surface area contributed by atoms with Crippen LogP contribution >= 0.6 is 12.6 Å². The zero-order chi connectivity index (χ0) is 12.6. The number of aliphatic imine (C=N–C) groups is 1. The van der Waals surface area contributed by atoms with Gasteiger partial charge in [-0.05, 0) is 24.3 Å². The van der Waals surface area contributed by atoms with Gasteiger partial charge in [0.05, 0.1) is 0 Å². The molecule has 1 fully saturated rings. The Hall–Kier alpha value is -0.900. The van der Waals surface area contributed by atoms with Gasteiger partial charge in [-0.1, -0.05) is 20.4 Å². The van der Waals surface area contributed by atoms with Gasteiger partial charge in [-0.15, -0.1) is 0 Å².